The third kappa shape index (κ3) is 3.88. The van der Waals surface area contributed by atoms with Gasteiger partial charge in [0.1, 0.15) is 5.82 Å². The minimum absolute atomic E-state index is 0.0316. The smallest absolute Gasteiger partial charge is 0.255 e. The number of hydrogen-bond acceptors (Lipinski definition) is 4. The minimum Gasteiger partial charge on any atom is -0.396 e. The standard InChI is InChI=1S/C17H22ClFN2O3/c18-16-2-1-14(19)7-15(16)17(23)21-9-12(13(10-21)11-22)8-20-3-5-24-6-4-20/h1-2,7,12-13,22H,3-6,8-11H2/t12-,13-/m1/s1. The molecule has 2 atom stereocenters. The second-order valence-corrected chi connectivity index (χ2v) is 6.86. The highest BCUT2D eigenvalue weighted by Gasteiger charge is 2.36. The zero-order valence-corrected chi connectivity index (χ0v) is 14.2. The molecule has 0 radical (unpaired) electrons. The van der Waals surface area contributed by atoms with E-state index in [4.69, 9.17) is 16.3 Å². The maximum absolute atomic E-state index is 13.4. The molecule has 0 aromatic heterocycles. The molecule has 2 aliphatic heterocycles. The van der Waals surface area contributed by atoms with Gasteiger partial charge in [-0.05, 0) is 24.1 Å². The number of morpholine rings is 1. The van der Waals surface area contributed by atoms with Crippen molar-refractivity contribution in [3.8, 4) is 0 Å². The van der Waals surface area contributed by atoms with E-state index in [1.165, 1.54) is 18.2 Å². The monoisotopic (exact) mass is 356 g/mol. The number of aliphatic hydroxyl groups excluding tert-OH is 1. The lowest BCUT2D eigenvalue weighted by atomic mass is 9.96. The molecule has 0 spiro atoms. The van der Waals surface area contributed by atoms with E-state index in [1.807, 2.05) is 0 Å². The Balaban J connectivity index is 1.68. The Hall–Kier alpha value is -1.21. The summed E-state index contributed by atoms with van der Waals surface area (Å²) in [4.78, 5) is 16.7. The molecule has 2 fully saturated rings. The Morgan fingerprint density at radius 3 is 2.71 bits per heavy atom. The molecule has 132 valence electrons. The molecule has 0 aliphatic carbocycles. The van der Waals surface area contributed by atoms with Crippen LogP contribution in [0, 0.1) is 17.7 Å². The van der Waals surface area contributed by atoms with Crippen LogP contribution in [0.5, 0.6) is 0 Å². The molecule has 24 heavy (non-hydrogen) atoms. The predicted molar refractivity (Wildman–Crippen MR) is 88.6 cm³/mol. The molecule has 5 nitrogen and oxygen atoms in total. The van der Waals surface area contributed by atoms with Gasteiger partial charge in [0.15, 0.2) is 0 Å². The second-order valence-electron chi connectivity index (χ2n) is 6.45. The average Bonchev–Trinajstić information content (AvgIpc) is 3.00. The lowest BCUT2D eigenvalue weighted by Gasteiger charge is -2.30. The van der Waals surface area contributed by atoms with Crippen molar-refractivity contribution < 1.29 is 19.0 Å². The van der Waals surface area contributed by atoms with Crippen LogP contribution < -0.4 is 0 Å². The molecule has 3 rings (SSSR count). The quantitative estimate of drug-likeness (QED) is 0.888. The van der Waals surface area contributed by atoms with Crippen molar-refractivity contribution in [2.45, 2.75) is 0 Å². The highest BCUT2D eigenvalue weighted by Crippen LogP contribution is 2.28. The number of carbonyl (C=O) groups is 1. The summed E-state index contributed by atoms with van der Waals surface area (Å²) in [6.07, 6.45) is 0. The van der Waals surface area contributed by atoms with Crippen LogP contribution in [0.25, 0.3) is 0 Å². The molecule has 0 unspecified atom stereocenters. The highest BCUT2D eigenvalue weighted by atomic mass is 35.5. The van der Waals surface area contributed by atoms with E-state index in [2.05, 4.69) is 4.90 Å². The van der Waals surface area contributed by atoms with Crippen LogP contribution in [0.15, 0.2) is 18.2 Å². The van der Waals surface area contributed by atoms with Gasteiger partial charge in [0, 0.05) is 45.2 Å². The van der Waals surface area contributed by atoms with Crippen molar-refractivity contribution >= 4 is 17.5 Å². The molecule has 7 heteroatoms. The predicted octanol–water partition coefficient (Wildman–Crippen LogP) is 1.49. The third-order valence-electron chi connectivity index (χ3n) is 4.85. The van der Waals surface area contributed by atoms with Crippen molar-refractivity contribution in [3.05, 3.63) is 34.6 Å². The van der Waals surface area contributed by atoms with Gasteiger partial charge in [-0.3, -0.25) is 9.69 Å². The highest BCUT2D eigenvalue weighted by molar-refractivity contribution is 6.33. The van der Waals surface area contributed by atoms with Gasteiger partial charge in [0.05, 0.1) is 23.8 Å². The van der Waals surface area contributed by atoms with Crippen molar-refractivity contribution in [1.29, 1.82) is 0 Å². The number of likely N-dealkylation sites (tertiary alicyclic amines) is 1. The number of carbonyl (C=O) groups excluding carboxylic acids is 1. The van der Waals surface area contributed by atoms with E-state index >= 15 is 0 Å². The Kier molecular flexibility index (Phi) is 5.71. The first-order valence-corrected chi connectivity index (χ1v) is 8.61. The Morgan fingerprint density at radius 2 is 2.00 bits per heavy atom. The van der Waals surface area contributed by atoms with Gasteiger partial charge in [0.2, 0.25) is 0 Å². The number of benzene rings is 1. The number of hydrogen-bond donors (Lipinski definition) is 1. The fourth-order valence-electron chi connectivity index (χ4n) is 3.47. The van der Waals surface area contributed by atoms with Crippen LogP contribution >= 0.6 is 11.6 Å². The Bertz CT molecular complexity index is 595. The van der Waals surface area contributed by atoms with Gasteiger partial charge in [-0.2, -0.15) is 0 Å². The van der Waals surface area contributed by atoms with Gasteiger partial charge in [-0.1, -0.05) is 11.6 Å². The molecule has 0 saturated carbocycles. The van der Waals surface area contributed by atoms with Gasteiger partial charge < -0.3 is 14.7 Å². The number of halogens is 2. The van der Waals surface area contributed by atoms with Crippen LogP contribution in [-0.2, 0) is 4.74 Å². The Morgan fingerprint density at radius 1 is 1.29 bits per heavy atom. The molecular weight excluding hydrogens is 335 g/mol. The molecule has 2 saturated heterocycles. The molecule has 1 aromatic rings. The SMILES string of the molecule is O=C(c1cc(F)ccc1Cl)N1C[C@@H](CN2CCOCC2)[C@@H](CO)C1. The summed E-state index contributed by atoms with van der Waals surface area (Å²) < 4.78 is 18.8. The van der Waals surface area contributed by atoms with E-state index < -0.39 is 5.82 Å². The molecule has 1 aromatic carbocycles. The van der Waals surface area contributed by atoms with Gasteiger partial charge in [0.25, 0.3) is 5.91 Å². The third-order valence-corrected chi connectivity index (χ3v) is 5.18. The topological polar surface area (TPSA) is 53.0 Å². The fraction of sp³-hybridized carbons (Fsp3) is 0.588. The summed E-state index contributed by atoms with van der Waals surface area (Å²) in [5, 5.41) is 9.92. The largest absolute Gasteiger partial charge is 0.396 e. The first-order valence-electron chi connectivity index (χ1n) is 8.23. The summed E-state index contributed by atoms with van der Waals surface area (Å²) in [6, 6.07) is 3.81. The van der Waals surface area contributed by atoms with Crippen molar-refractivity contribution in [1.82, 2.24) is 9.80 Å². The Labute approximate surface area is 145 Å². The summed E-state index contributed by atoms with van der Waals surface area (Å²) in [5.74, 6) is -0.526. The number of amides is 1. The summed E-state index contributed by atoms with van der Waals surface area (Å²) >= 11 is 6.05. The van der Waals surface area contributed by atoms with Gasteiger partial charge in [-0.15, -0.1) is 0 Å². The van der Waals surface area contributed by atoms with Crippen LogP contribution in [-0.4, -0.2) is 73.4 Å². The summed E-state index contributed by atoms with van der Waals surface area (Å²) in [6.45, 7) is 5.07. The number of rotatable bonds is 4. The van der Waals surface area contributed by atoms with Crippen molar-refractivity contribution in [2.24, 2.45) is 11.8 Å². The van der Waals surface area contributed by atoms with Crippen LogP contribution in [0.1, 0.15) is 10.4 Å². The maximum Gasteiger partial charge on any atom is 0.255 e. The van der Waals surface area contributed by atoms with E-state index in [9.17, 15) is 14.3 Å². The number of aliphatic hydroxyl groups is 1. The minimum atomic E-state index is -0.481. The van der Waals surface area contributed by atoms with Gasteiger partial charge >= 0.3 is 0 Å². The van der Waals surface area contributed by atoms with Crippen LogP contribution in [0.4, 0.5) is 4.39 Å². The molecular formula is C17H22ClFN2O3. The molecule has 2 heterocycles. The molecule has 1 amide bonds. The zero-order chi connectivity index (χ0) is 17.1. The lowest BCUT2D eigenvalue weighted by molar-refractivity contribution is 0.0264. The average molecular weight is 357 g/mol. The maximum atomic E-state index is 13.4. The first-order chi connectivity index (χ1) is 11.6. The summed E-state index contributed by atoms with van der Waals surface area (Å²) in [7, 11) is 0. The molecule has 2 aliphatic rings. The number of ether oxygens (including phenoxy) is 1. The van der Waals surface area contributed by atoms with E-state index in [1.54, 1.807) is 4.90 Å². The van der Waals surface area contributed by atoms with Crippen LogP contribution in [0.3, 0.4) is 0 Å². The normalized spacial score (nSPS) is 25.2. The van der Waals surface area contributed by atoms with E-state index in [0.29, 0.717) is 13.1 Å². The molecule has 1 N–H and O–H groups in total. The fourth-order valence-corrected chi connectivity index (χ4v) is 3.66. The van der Waals surface area contributed by atoms with E-state index in [0.717, 1.165) is 32.8 Å². The van der Waals surface area contributed by atoms with E-state index in [-0.39, 0.29) is 34.9 Å². The summed E-state index contributed by atoms with van der Waals surface area (Å²) in [5.41, 5.74) is 0.181. The van der Waals surface area contributed by atoms with Crippen molar-refractivity contribution in [3.63, 3.8) is 0 Å². The van der Waals surface area contributed by atoms with Crippen molar-refractivity contribution in [2.75, 3.05) is 52.5 Å². The zero-order valence-electron chi connectivity index (χ0n) is 13.5. The van der Waals surface area contributed by atoms with Crippen LogP contribution in [0.2, 0.25) is 5.02 Å². The second kappa shape index (κ2) is 7.78. The first kappa shape index (κ1) is 17.6. The number of nitrogens with zero attached hydrogens (tertiary/aromatic N) is 2. The molecule has 0 bridgehead atoms. The lowest BCUT2D eigenvalue weighted by Crippen LogP contribution is -2.41. The van der Waals surface area contributed by atoms with Gasteiger partial charge in [-0.25, -0.2) is 4.39 Å².